The highest BCUT2D eigenvalue weighted by Crippen LogP contribution is 2.31. The summed E-state index contributed by atoms with van der Waals surface area (Å²) in [5.74, 6) is 1.26. The second-order valence-corrected chi connectivity index (χ2v) is 8.98. The lowest BCUT2D eigenvalue weighted by atomic mass is 9.97. The third kappa shape index (κ3) is 4.30. The van der Waals surface area contributed by atoms with Crippen molar-refractivity contribution in [3.63, 3.8) is 0 Å². The molecule has 6 heteroatoms. The first-order chi connectivity index (χ1) is 14.4. The smallest absolute Gasteiger partial charge is 0.219 e. The number of fused-ring (bicyclic) bond motifs is 1. The summed E-state index contributed by atoms with van der Waals surface area (Å²) in [7, 11) is 0. The minimum atomic E-state index is 0.0828. The molecule has 1 saturated heterocycles. The van der Waals surface area contributed by atoms with Crippen LogP contribution in [0.3, 0.4) is 0 Å². The lowest BCUT2D eigenvalue weighted by Gasteiger charge is -2.38. The number of rotatable bonds is 5. The molecule has 1 fully saturated rings. The van der Waals surface area contributed by atoms with Crippen LogP contribution in [0.2, 0.25) is 0 Å². The van der Waals surface area contributed by atoms with Gasteiger partial charge >= 0.3 is 0 Å². The fourth-order valence-corrected chi connectivity index (χ4v) is 5.21. The zero-order valence-corrected chi connectivity index (χ0v) is 18.6. The van der Waals surface area contributed by atoms with E-state index in [1.165, 1.54) is 17.0 Å². The van der Waals surface area contributed by atoms with Gasteiger partial charge in [-0.2, -0.15) is 0 Å². The van der Waals surface area contributed by atoms with Crippen LogP contribution in [0.1, 0.15) is 68.0 Å². The average molecular weight is 410 g/mol. The van der Waals surface area contributed by atoms with Crippen LogP contribution in [0.4, 0.5) is 0 Å². The van der Waals surface area contributed by atoms with E-state index in [1.807, 2.05) is 11.0 Å². The van der Waals surface area contributed by atoms with Gasteiger partial charge in [-0.1, -0.05) is 30.3 Å². The Bertz CT molecular complexity index is 869. The summed E-state index contributed by atoms with van der Waals surface area (Å²) in [5, 5.41) is 0. The molecule has 0 bridgehead atoms. The molecule has 4 rings (SSSR count). The monoisotopic (exact) mass is 409 g/mol. The zero-order valence-electron chi connectivity index (χ0n) is 18.6. The van der Waals surface area contributed by atoms with Gasteiger partial charge in [0.25, 0.3) is 0 Å². The Kier molecular flexibility index (Phi) is 6.25. The van der Waals surface area contributed by atoms with Gasteiger partial charge in [0.2, 0.25) is 5.91 Å². The van der Waals surface area contributed by atoms with Gasteiger partial charge in [0, 0.05) is 51.1 Å². The largest absolute Gasteiger partial charge is 0.337 e. The molecule has 3 heterocycles. The van der Waals surface area contributed by atoms with Crippen LogP contribution >= 0.6 is 0 Å². The van der Waals surface area contributed by atoms with Gasteiger partial charge in [0.15, 0.2) is 0 Å². The van der Waals surface area contributed by atoms with Crippen LogP contribution in [0.25, 0.3) is 0 Å². The van der Waals surface area contributed by atoms with Crippen LogP contribution in [0.5, 0.6) is 0 Å². The highest BCUT2D eigenvalue weighted by molar-refractivity contribution is 5.73. The highest BCUT2D eigenvalue weighted by Gasteiger charge is 2.30. The number of aryl methyl sites for hydroxylation is 1. The number of benzene rings is 1. The van der Waals surface area contributed by atoms with Crippen molar-refractivity contribution in [3.8, 4) is 0 Å². The van der Waals surface area contributed by atoms with E-state index in [0.717, 1.165) is 51.1 Å². The van der Waals surface area contributed by atoms with Crippen molar-refractivity contribution >= 4 is 5.91 Å². The predicted octanol–water partition coefficient (Wildman–Crippen LogP) is 3.21. The first kappa shape index (κ1) is 21.1. The van der Waals surface area contributed by atoms with E-state index in [1.54, 1.807) is 6.92 Å². The summed E-state index contributed by atoms with van der Waals surface area (Å²) in [5.41, 5.74) is 10.1. The van der Waals surface area contributed by atoms with Gasteiger partial charge in [-0.05, 0) is 38.7 Å². The predicted molar refractivity (Wildman–Crippen MR) is 119 cm³/mol. The number of nitrogens with two attached hydrogens (primary N) is 1. The number of hydrogen-bond donors (Lipinski definition) is 1. The molecule has 2 aromatic rings. The Morgan fingerprint density at radius 3 is 2.57 bits per heavy atom. The molecule has 0 spiro atoms. The molecular formula is C24H35N5O. The van der Waals surface area contributed by atoms with E-state index in [4.69, 9.17) is 10.7 Å². The average Bonchev–Trinajstić information content (AvgIpc) is 3.09. The number of carbonyl (C=O) groups excluding carboxylic acids is 1. The van der Waals surface area contributed by atoms with Crippen LogP contribution in [-0.2, 0) is 17.8 Å². The summed E-state index contributed by atoms with van der Waals surface area (Å²) in [6.45, 7) is 9.73. The molecule has 162 valence electrons. The quantitative estimate of drug-likeness (QED) is 0.823. The van der Waals surface area contributed by atoms with Crippen LogP contribution in [-0.4, -0.2) is 50.9 Å². The number of nitrogens with zero attached hydrogens (tertiary/aromatic N) is 4. The fraction of sp³-hybridized carbons (Fsp3) is 0.583. The third-order valence-electron chi connectivity index (χ3n) is 6.98. The second-order valence-electron chi connectivity index (χ2n) is 8.98. The lowest BCUT2D eigenvalue weighted by Crippen LogP contribution is -2.42. The Labute approximate surface area is 180 Å². The molecule has 2 aliphatic rings. The summed E-state index contributed by atoms with van der Waals surface area (Å²) < 4.78 is 2.43. The normalized spacial score (nSPS) is 20.1. The van der Waals surface area contributed by atoms with Crippen molar-refractivity contribution in [3.05, 3.63) is 53.1 Å². The number of carbonyl (C=O) groups is 1. The Balaban J connectivity index is 1.38. The molecule has 1 aromatic carbocycles. The van der Waals surface area contributed by atoms with Gasteiger partial charge in [-0.25, -0.2) is 4.98 Å². The molecule has 2 aliphatic heterocycles. The number of likely N-dealkylation sites (tertiary alicyclic amines) is 1. The molecule has 6 nitrogen and oxygen atoms in total. The maximum atomic E-state index is 11.9. The van der Waals surface area contributed by atoms with E-state index in [0.29, 0.717) is 18.6 Å². The molecule has 30 heavy (non-hydrogen) atoms. The van der Waals surface area contributed by atoms with E-state index < -0.39 is 0 Å². The van der Waals surface area contributed by atoms with Crippen molar-refractivity contribution in [1.29, 1.82) is 0 Å². The number of amides is 1. The van der Waals surface area contributed by atoms with Gasteiger partial charge in [0.1, 0.15) is 5.82 Å². The topological polar surface area (TPSA) is 67.4 Å². The Hall–Kier alpha value is -2.18. The van der Waals surface area contributed by atoms with Crippen molar-refractivity contribution < 1.29 is 4.79 Å². The van der Waals surface area contributed by atoms with E-state index in [2.05, 4.69) is 47.6 Å². The zero-order chi connectivity index (χ0) is 21.3. The van der Waals surface area contributed by atoms with E-state index in [9.17, 15) is 4.79 Å². The van der Waals surface area contributed by atoms with Gasteiger partial charge in [-0.15, -0.1) is 0 Å². The van der Waals surface area contributed by atoms with Gasteiger partial charge in [0.05, 0.1) is 17.9 Å². The Morgan fingerprint density at radius 1 is 1.20 bits per heavy atom. The van der Waals surface area contributed by atoms with Crippen LogP contribution in [0.15, 0.2) is 30.3 Å². The maximum Gasteiger partial charge on any atom is 0.219 e. The summed E-state index contributed by atoms with van der Waals surface area (Å²) in [4.78, 5) is 21.3. The molecule has 0 radical (unpaired) electrons. The molecular weight excluding hydrogens is 374 g/mol. The number of hydrogen-bond acceptors (Lipinski definition) is 4. The maximum absolute atomic E-state index is 11.9. The first-order valence-electron chi connectivity index (χ1n) is 11.3. The first-order valence-corrected chi connectivity index (χ1v) is 11.3. The van der Waals surface area contributed by atoms with Crippen molar-refractivity contribution in [2.45, 2.75) is 71.1 Å². The standard InChI is InChI=1S/C24H35N5O/c1-17(15-22(25)20-7-5-4-6-8-20)27-12-9-21(10-13-27)29-18(2)26-23-11-14-28(19(3)30)16-24(23)29/h4-8,17,21-22H,9-16,25H2,1-3H3/t17?,22-/m0/s1. The number of piperidine rings is 1. The van der Waals surface area contributed by atoms with Crippen LogP contribution < -0.4 is 5.73 Å². The van der Waals surface area contributed by atoms with Gasteiger partial charge < -0.3 is 20.1 Å². The minimum absolute atomic E-state index is 0.0828. The molecule has 0 saturated carbocycles. The van der Waals surface area contributed by atoms with Crippen molar-refractivity contribution in [1.82, 2.24) is 19.4 Å². The summed E-state index contributed by atoms with van der Waals surface area (Å²) >= 11 is 0. The highest BCUT2D eigenvalue weighted by atomic mass is 16.2. The summed E-state index contributed by atoms with van der Waals surface area (Å²) in [6.07, 6.45) is 4.08. The molecule has 2 N–H and O–H groups in total. The molecule has 1 amide bonds. The SMILES string of the molecule is CC(=O)N1CCc2nc(C)n(C3CCN(C(C)C[C@H](N)c4ccccc4)CC3)c2C1. The third-order valence-corrected chi connectivity index (χ3v) is 6.98. The van der Waals surface area contributed by atoms with E-state index in [-0.39, 0.29) is 11.9 Å². The van der Waals surface area contributed by atoms with E-state index >= 15 is 0 Å². The van der Waals surface area contributed by atoms with Crippen LogP contribution in [0, 0.1) is 6.92 Å². The van der Waals surface area contributed by atoms with Crippen molar-refractivity contribution in [2.75, 3.05) is 19.6 Å². The number of aromatic nitrogens is 2. The van der Waals surface area contributed by atoms with Gasteiger partial charge in [-0.3, -0.25) is 4.79 Å². The van der Waals surface area contributed by atoms with Crippen molar-refractivity contribution in [2.24, 2.45) is 5.73 Å². The molecule has 0 aliphatic carbocycles. The minimum Gasteiger partial charge on any atom is -0.337 e. The summed E-state index contributed by atoms with van der Waals surface area (Å²) in [6, 6.07) is 11.4. The molecule has 2 atom stereocenters. The molecule has 1 unspecified atom stereocenters. The molecule has 1 aromatic heterocycles. The lowest BCUT2D eigenvalue weighted by molar-refractivity contribution is -0.129. The number of imidazole rings is 1. The fourth-order valence-electron chi connectivity index (χ4n) is 5.21. The Morgan fingerprint density at radius 2 is 1.90 bits per heavy atom. The second kappa shape index (κ2) is 8.90.